The van der Waals surface area contributed by atoms with Gasteiger partial charge in [-0.05, 0) is 52.2 Å². The highest BCUT2D eigenvalue weighted by molar-refractivity contribution is 4.81. The third-order valence-electron chi connectivity index (χ3n) is 3.55. The van der Waals surface area contributed by atoms with Gasteiger partial charge in [0.25, 0.3) is 0 Å². The van der Waals surface area contributed by atoms with E-state index >= 15 is 0 Å². The van der Waals surface area contributed by atoms with Crippen molar-refractivity contribution in [2.45, 2.75) is 51.1 Å². The Kier molecular flexibility index (Phi) is 3.23. The fourth-order valence-corrected chi connectivity index (χ4v) is 2.47. The van der Waals surface area contributed by atoms with E-state index in [2.05, 4.69) is 17.1 Å². The van der Waals surface area contributed by atoms with E-state index in [1.165, 1.54) is 51.7 Å². The zero-order valence-electron chi connectivity index (χ0n) is 8.76. The first-order chi connectivity index (χ1) is 6.36. The minimum atomic E-state index is 0.810. The molecule has 2 atom stereocenters. The Labute approximate surface area is 81.7 Å². The smallest absolute Gasteiger partial charge is 0.00818 e. The molecule has 13 heavy (non-hydrogen) atoms. The maximum Gasteiger partial charge on any atom is 0.00818 e. The van der Waals surface area contributed by atoms with Gasteiger partial charge in [0.1, 0.15) is 0 Å². The van der Waals surface area contributed by atoms with E-state index in [0.29, 0.717) is 0 Å². The van der Waals surface area contributed by atoms with Gasteiger partial charge in [-0.25, -0.2) is 0 Å². The van der Waals surface area contributed by atoms with Gasteiger partial charge in [0.15, 0.2) is 0 Å². The van der Waals surface area contributed by atoms with Gasteiger partial charge < -0.3 is 10.2 Å². The molecule has 2 nitrogen and oxygen atoms in total. The van der Waals surface area contributed by atoms with Crippen LogP contribution in [0.1, 0.15) is 39.0 Å². The molecule has 0 saturated carbocycles. The largest absolute Gasteiger partial charge is 0.314 e. The molecule has 0 aromatic carbocycles. The number of hydrogen-bond donors (Lipinski definition) is 1. The molecule has 76 valence electrons. The van der Waals surface area contributed by atoms with Crippen LogP contribution in [0.3, 0.4) is 0 Å². The minimum absolute atomic E-state index is 0.810. The summed E-state index contributed by atoms with van der Waals surface area (Å²) in [6.07, 6.45) is 7.00. The van der Waals surface area contributed by atoms with E-state index in [4.69, 9.17) is 0 Å². The quantitative estimate of drug-likeness (QED) is 0.713. The molecule has 2 saturated heterocycles. The molecule has 1 N–H and O–H groups in total. The highest BCUT2D eigenvalue weighted by Crippen LogP contribution is 2.18. The van der Waals surface area contributed by atoms with E-state index in [1.807, 2.05) is 0 Å². The zero-order chi connectivity index (χ0) is 9.10. The molecule has 2 heterocycles. The minimum Gasteiger partial charge on any atom is -0.314 e. The molecule has 2 unspecified atom stereocenters. The van der Waals surface area contributed by atoms with Crippen molar-refractivity contribution in [3.05, 3.63) is 0 Å². The summed E-state index contributed by atoms with van der Waals surface area (Å²) in [5.74, 6) is 0. The molecule has 0 amide bonds. The van der Waals surface area contributed by atoms with Gasteiger partial charge in [-0.3, -0.25) is 0 Å². The molecule has 0 aromatic rings. The van der Waals surface area contributed by atoms with Crippen molar-refractivity contribution >= 4 is 0 Å². The Hall–Kier alpha value is -0.0800. The molecule has 2 rings (SSSR count). The third-order valence-corrected chi connectivity index (χ3v) is 3.55. The SMILES string of the molecule is CC(CC1CCCCN1)N1CCC1. The van der Waals surface area contributed by atoms with Crippen LogP contribution in [0.2, 0.25) is 0 Å². The number of nitrogens with zero attached hydrogens (tertiary/aromatic N) is 1. The van der Waals surface area contributed by atoms with Gasteiger partial charge in [0.2, 0.25) is 0 Å². The Morgan fingerprint density at radius 1 is 1.31 bits per heavy atom. The number of rotatable bonds is 3. The molecule has 0 spiro atoms. The Morgan fingerprint density at radius 2 is 2.15 bits per heavy atom. The van der Waals surface area contributed by atoms with Crippen LogP contribution in [0.25, 0.3) is 0 Å². The summed E-state index contributed by atoms with van der Waals surface area (Å²) in [5, 5.41) is 3.63. The maximum absolute atomic E-state index is 3.63. The highest BCUT2D eigenvalue weighted by atomic mass is 15.2. The predicted octanol–water partition coefficient (Wildman–Crippen LogP) is 1.61. The van der Waals surface area contributed by atoms with E-state index in [9.17, 15) is 0 Å². The molecule has 0 radical (unpaired) electrons. The first-order valence-electron chi connectivity index (χ1n) is 5.83. The van der Waals surface area contributed by atoms with Crippen LogP contribution < -0.4 is 5.32 Å². The lowest BCUT2D eigenvalue weighted by Crippen LogP contribution is -2.47. The van der Waals surface area contributed by atoms with E-state index in [0.717, 1.165) is 12.1 Å². The normalized spacial score (nSPS) is 32.5. The monoisotopic (exact) mass is 182 g/mol. The molecule has 0 aliphatic carbocycles. The van der Waals surface area contributed by atoms with Crippen molar-refractivity contribution in [2.75, 3.05) is 19.6 Å². The molecule has 2 fully saturated rings. The van der Waals surface area contributed by atoms with Gasteiger partial charge in [-0.1, -0.05) is 6.42 Å². The summed E-state index contributed by atoms with van der Waals surface area (Å²) in [6.45, 7) is 6.31. The van der Waals surface area contributed by atoms with Crippen molar-refractivity contribution in [1.82, 2.24) is 10.2 Å². The second kappa shape index (κ2) is 4.43. The van der Waals surface area contributed by atoms with Gasteiger partial charge in [0, 0.05) is 12.1 Å². The summed E-state index contributed by atoms with van der Waals surface area (Å²) < 4.78 is 0. The Bertz CT molecular complexity index is 148. The van der Waals surface area contributed by atoms with Crippen molar-refractivity contribution in [1.29, 1.82) is 0 Å². The van der Waals surface area contributed by atoms with Crippen LogP contribution in [0, 0.1) is 0 Å². The average Bonchev–Trinajstić information content (AvgIpc) is 2.02. The molecule has 2 aliphatic rings. The summed E-state index contributed by atoms with van der Waals surface area (Å²) >= 11 is 0. The van der Waals surface area contributed by atoms with E-state index in [-0.39, 0.29) is 0 Å². The average molecular weight is 182 g/mol. The fourth-order valence-electron chi connectivity index (χ4n) is 2.47. The Balaban J connectivity index is 1.69. The third kappa shape index (κ3) is 2.44. The van der Waals surface area contributed by atoms with Crippen molar-refractivity contribution < 1.29 is 0 Å². The fraction of sp³-hybridized carbons (Fsp3) is 1.00. The standard InChI is InChI=1S/C11H22N2/c1-10(13-7-4-8-13)9-11-5-2-3-6-12-11/h10-12H,2-9H2,1H3. The zero-order valence-corrected chi connectivity index (χ0v) is 8.76. The van der Waals surface area contributed by atoms with E-state index < -0.39 is 0 Å². The molecule has 2 heteroatoms. The van der Waals surface area contributed by atoms with Crippen molar-refractivity contribution in [2.24, 2.45) is 0 Å². The topological polar surface area (TPSA) is 15.3 Å². The van der Waals surface area contributed by atoms with Crippen LogP contribution in [0.5, 0.6) is 0 Å². The number of piperidine rings is 1. The van der Waals surface area contributed by atoms with Crippen molar-refractivity contribution in [3.8, 4) is 0 Å². The van der Waals surface area contributed by atoms with Crippen LogP contribution in [0.15, 0.2) is 0 Å². The van der Waals surface area contributed by atoms with Gasteiger partial charge in [0.05, 0.1) is 0 Å². The summed E-state index contributed by atoms with van der Waals surface area (Å²) in [6, 6.07) is 1.62. The van der Waals surface area contributed by atoms with Gasteiger partial charge in [-0.2, -0.15) is 0 Å². The lowest BCUT2D eigenvalue weighted by molar-refractivity contribution is 0.111. The first-order valence-corrected chi connectivity index (χ1v) is 5.83. The molecular formula is C11H22N2. The molecular weight excluding hydrogens is 160 g/mol. The van der Waals surface area contributed by atoms with Crippen LogP contribution in [0.4, 0.5) is 0 Å². The molecule has 0 aromatic heterocycles. The van der Waals surface area contributed by atoms with Crippen LogP contribution >= 0.6 is 0 Å². The molecule has 0 bridgehead atoms. The van der Waals surface area contributed by atoms with Gasteiger partial charge >= 0.3 is 0 Å². The summed E-state index contributed by atoms with van der Waals surface area (Å²) in [4.78, 5) is 2.61. The van der Waals surface area contributed by atoms with Crippen LogP contribution in [-0.2, 0) is 0 Å². The first kappa shape index (κ1) is 9.47. The number of nitrogens with one attached hydrogen (secondary N) is 1. The summed E-state index contributed by atoms with van der Waals surface area (Å²) in [7, 11) is 0. The van der Waals surface area contributed by atoms with Gasteiger partial charge in [-0.15, -0.1) is 0 Å². The second-order valence-corrected chi connectivity index (χ2v) is 4.62. The Morgan fingerprint density at radius 3 is 2.69 bits per heavy atom. The maximum atomic E-state index is 3.63. The second-order valence-electron chi connectivity index (χ2n) is 4.62. The highest BCUT2D eigenvalue weighted by Gasteiger charge is 2.23. The van der Waals surface area contributed by atoms with Crippen LogP contribution in [-0.4, -0.2) is 36.6 Å². The summed E-state index contributed by atoms with van der Waals surface area (Å²) in [5.41, 5.74) is 0. The lowest BCUT2D eigenvalue weighted by atomic mass is 9.97. The van der Waals surface area contributed by atoms with Crippen molar-refractivity contribution in [3.63, 3.8) is 0 Å². The number of hydrogen-bond acceptors (Lipinski definition) is 2. The predicted molar refractivity (Wildman–Crippen MR) is 55.9 cm³/mol. The lowest BCUT2D eigenvalue weighted by Gasteiger charge is -2.38. The number of likely N-dealkylation sites (tertiary alicyclic amines) is 1. The van der Waals surface area contributed by atoms with E-state index in [1.54, 1.807) is 0 Å². The molecule has 2 aliphatic heterocycles.